The van der Waals surface area contributed by atoms with Gasteiger partial charge in [0.2, 0.25) is 0 Å². The summed E-state index contributed by atoms with van der Waals surface area (Å²) in [4.78, 5) is 18.3. The minimum Gasteiger partial charge on any atom is -0.484 e. The fraction of sp³-hybridized carbons (Fsp3) is 0.0638. The number of halogens is 8. The molecule has 4 aromatic heterocycles. The molecule has 0 radical (unpaired) electrons. The molecule has 0 fully saturated rings. The van der Waals surface area contributed by atoms with Crippen LogP contribution in [-0.4, -0.2) is 19.9 Å². The van der Waals surface area contributed by atoms with Gasteiger partial charge in [0, 0.05) is 89.6 Å². The molecule has 17 heteroatoms. The third-order valence-corrected chi connectivity index (χ3v) is 9.04. The molecular weight excluding hydrogens is 1030 g/mol. The van der Waals surface area contributed by atoms with E-state index in [4.69, 9.17) is 28.9 Å². The molecule has 0 N–H and O–H groups in total. The van der Waals surface area contributed by atoms with E-state index in [9.17, 15) is 35.1 Å². The van der Waals surface area contributed by atoms with Crippen molar-refractivity contribution in [1.29, 1.82) is 0 Å². The summed E-state index contributed by atoms with van der Waals surface area (Å²) >= 11 is 0. The molecule has 0 aliphatic carbocycles. The Kier molecular flexibility index (Phi) is 13.1. The Morgan fingerprint density at radius 1 is 0.406 bits per heavy atom. The van der Waals surface area contributed by atoms with Gasteiger partial charge in [0.15, 0.2) is 0 Å². The van der Waals surface area contributed by atoms with Crippen molar-refractivity contribution in [3.8, 4) is 69.0 Å². The molecule has 0 aliphatic heterocycles. The molecule has 0 atom stereocenters. The van der Waals surface area contributed by atoms with E-state index in [1.165, 1.54) is 12.1 Å². The summed E-state index contributed by atoms with van der Waals surface area (Å²) < 4.78 is 135. The van der Waals surface area contributed by atoms with E-state index >= 15 is 0 Å². The van der Waals surface area contributed by atoms with Crippen LogP contribution >= 0.6 is 0 Å². The van der Waals surface area contributed by atoms with Crippen LogP contribution in [0.25, 0.3) is 22.5 Å². The molecule has 0 aliphatic rings. The molecule has 0 spiro atoms. The van der Waals surface area contributed by atoms with Crippen LogP contribution in [0, 0.1) is 58.7 Å². The minimum atomic E-state index is -0.999. The Bertz CT molecular complexity index is 2750. The van der Waals surface area contributed by atoms with Gasteiger partial charge in [-0.15, -0.1) is 12.1 Å². The standard InChI is InChI=1S/C47H26F8N4O4.Pt/c1-47(2,41-7-3-5-39(56-41)37-9-11-43(60-33-17-25(48)13-26(49)18-33)58-45(37)62-35-21-29(52)15-30(53)22-35)42-8-4-6-40(57-42)38-10-12-44(61-34-19-27(50)14-28(51)20-34)59-46(38)63-36-23-31(54)16-32(55)24-36;/h3-8,11-24H,1-2H3;/q-2;+2. The maximum Gasteiger partial charge on any atom is 2.00 e. The zero-order valence-electron chi connectivity index (χ0n) is 32.8. The first-order chi connectivity index (χ1) is 30.1. The number of hydrogen-bond donors (Lipinski definition) is 0. The summed E-state index contributed by atoms with van der Waals surface area (Å²) in [5.41, 5.74) is 0.550. The van der Waals surface area contributed by atoms with Crippen molar-refractivity contribution >= 4 is 0 Å². The van der Waals surface area contributed by atoms with Gasteiger partial charge in [-0.3, -0.25) is 9.97 Å². The normalized spacial score (nSPS) is 11.2. The predicted molar refractivity (Wildman–Crippen MR) is 210 cm³/mol. The zero-order chi connectivity index (χ0) is 44.4. The fourth-order valence-electron chi connectivity index (χ4n) is 6.18. The summed E-state index contributed by atoms with van der Waals surface area (Å²) in [6.07, 6.45) is 0. The molecule has 4 aromatic carbocycles. The van der Waals surface area contributed by atoms with Gasteiger partial charge in [-0.1, -0.05) is 47.5 Å². The number of benzene rings is 4. The molecule has 0 saturated carbocycles. The quantitative estimate of drug-likeness (QED) is 0.0883. The van der Waals surface area contributed by atoms with Gasteiger partial charge in [-0.2, -0.15) is 0 Å². The minimum absolute atomic E-state index is 0. The summed E-state index contributed by atoms with van der Waals surface area (Å²) in [5.74, 6) is -9.41. The molecule has 324 valence electrons. The van der Waals surface area contributed by atoms with Crippen LogP contribution in [0.2, 0.25) is 0 Å². The van der Waals surface area contributed by atoms with Crippen molar-refractivity contribution in [3.05, 3.63) is 191 Å². The maximum atomic E-state index is 14.2. The van der Waals surface area contributed by atoms with Crippen molar-refractivity contribution in [2.75, 3.05) is 0 Å². The van der Waals surface area contributed by atoms with Crippen LogP contribution < -0.4 is 18.9 Å². The third-order valence-electron chi connectivity index (χ3n) is 9.04. The Balaban J connectivity index is 0.00000612. The summed E-state index contributed by atoms with van der Waals surface area (Å²) in [5, 5.41) is 0. The van der Waals surface area contributed by atoms with Crippen LogP contribution in [0.1, 0.15) is 25.2 Å². The van der Waals surface area contributed by atoms with E-state index in [2.05, 4.69) is 22.1 Å². The van der Waals surface area contributed by atoms with Gasteiger partial charge in [-0.25, -0.2) is 35.1 Å². The Morgan fingerprint density at radius 2 is 0.703 bits per heavy atom. The maximum absolute atomic E-state index is 14.2. The third kappa shape index (κ3) is 10.5. The summed E-state index contributed by atoms with van der Waals surface area (Å²) in [7, 11) is 0. The second kappa shape index (κ2) is 18.7. The van der Waals surface area contributed by atoms with Crippen LogP contribution in [0.5, 0.6) is 46.5 Å². The second-order valence-electron chi connectivity index (χ2n) is 14.1. The van der Waals surface area contributed by atoms with Crippen LogP contribution in [0.4, 0.5) is 35.1 Å². The molecule has 8 rings (SSSR count). The average Bonchev–Trinajstić information content (AvgIpc) is 3.20. The molecule has 64 heavy (non-hydrogen) atoms. The first-order valence-electron chi connectivity index (χ1n) is 18.5. The van der Waals surface area contributed by atoms with Crippen LogP contribution in [-0.2, 0) is 26.5 Å². The first kappa shape index (κ1) is 44.9. The molecule has 4 heterocycles. The number of nitrogens with zero attached hydrogens (tertiary/aromatic N) is 4. The van der Waals surface area contributed by atoms with Gasteiger partial charge < -0.3 is 28.9 Å². The second-order valence-corrected chi connectivity index (χ2v) is 14.1. The Hall–Kier alpha value is -7.19. The van der Waals surface area contributed by atoms with E-state index in [1.807, 2.05) is 13.8 Å². The first-order valence-corrected chi connectivity index (χ1v) is 18.5. The van der Waals surface area contributed by atoms with Crippen molar-refractivity contribution in [2.45, 2.75) is 19.3 Å². The Morgan fingerprint density at radius 3 is 1.02 bits per heavy atom. The van der Waals surface area contributed by atoms with Crippen molar-refractivity contribution in [3.63, 3.8) is 0 Å². The number of pyridine rings is 4. The van der Waals surface area contributed by atoms with Gasteiger partial charge in [0.05, 0.1) is 0 Å². The monoisotopic (exact) mass is 1060 g/mol. The average molecular weight is 1060 g/mol. The molecule has 8 aromatic rings. The predicted octanol–water partition coefficient (Wildman–Crippen LogP) is 12.8. The van der Waals surface area contributed by atoms with Gasteiger partial charge in [0.25, 0.3) is 0 Å². The molecule has 0 amide bonds. The van der Waals surface area contributed by atoms with E-state index in [0.29, 0.717) is 35.7 Å². The summed E-state index contributed by atoms with van der Waals surface area (Å²) in [6.45, 7) is 3.64. The van der Waals surface area contributed by atoms with Crippen LogP contribution in [0.3, 0.4) is 0 Å². The molecular formula is C47H26F8N4O4Pt. The zero-order valence-corrected chi connectivity index (χ0v) is 35.1. The SMILES string of the molecule is CC(C)(c1cccc(-c2[c-]cc(Oc3cc(F)cc(F)c3)nc2Oc2cc(F)cc(F)c2)n1)c1cccc(-c2[c-]cc(Oc3cc(F)cc(F)c3)nc2Oc2cc(F)cc(F)c2)n1.[Pt+2]. The van der Waals surface area contributed by atoms with Crippen LogP contribution in [0.15, 0.2) is 121 Å². The van der Waals surface area contributed by atoms with Crippen molar-refractivity contribution in [1.82, 2.24) is 19.9 Å². The summed E-state index contributed by atoms with van der Waals surface area (Å²) in [6, 6.07) is 28.4. The van der Waals surface area contributed by atoms with E-state index < -0.39 is 52.0 Å². The molecule has 0 saturated heterocycles. The number of rotatable bonds is 12. The van der Waals surface area contributed by atoms with E-state index in [0.717, 1.165) is 48.5 Å². The van der Waals surface area contributed by atoms with E-state index in [-0.39, 0.29) is 90.1 Å². The van der Waals surface area contributed by atoms with Gasteiger partial charge >= 0.3 is 21.1 Å². The fourth-order valence-corrected chi connectivity index (χ4v) is 6.18. The topological polar surface area (TPSA) is 88.5 Å². The van der Waals surface area contributed by atoms with Gasteiger partial charge in [-0.05, 0) is 37.4 Å². The molecule has 8 nitrogen and oxygen atoms in total. The van der Waals surface area contributed by atoms with Gasteiger partial charge in [0.1, 0.15) is 93.1 Å². The Labute approximate surface area is 373 Å². The smallest absolute Gasteiger partial charge is 0.484 e. The number of aromatic nitrogens is 4. The largest absolute Gasteiger partial charge is 2.00 e. The van der Waals surface area contributed by atoms with E-state index in [1.54, 1.807) is 36.4 Å². The number of ether oxygens (including phenoxy) is 4. The number of hydrogen-bond acceptors (Lipinski definition) is 8. The van der Waals surface area contributed by atoms with Crippen molar-refractivity contribution in [2.24, 2.45) is 0 Å². The molecule has 0 unspecified atom stereocenters. The van der Waals surface area contributed by atoms with Crippen molar-refractivity contribution < 1.29 is 75.1 Å². The molecule has 0 bridgehead atoms.